The Morgan fingerprint density at radius 3 is 1.70 bits per heavy atom. The molecule has 0 spiro atoms. The van der Waals surface area contributed by atoms with Gasteiger partial charge in [0.15, 0.2) is 11.6 Å². The van der Waals surface area contributed by atoms with Crippen LogP contribution < -0.4 is 10.5 Å². The molecule has 0 bridgehead atoms. The second-order valence-corrected chi connectivity index (χ2v) is 21.3. The van der Waals surface area contributed by atoms with E-state index >= 15 is 0 Å². The first kappa shape index (κ1) is 67.1. The van der Waals surface area contributed by atoms with E-state index in [1.807, 2.05) is 24.3 Å². The largest absolute Gasteiger partial charge is 0.420 e. The third-order valence-electron chi connectivity index (χ3n) is 13.0. The number of anilines is 1. The number of esters is 1. The number of halogens is 3. The van der Waals surface area contributed by atoms with Crippen LogP contribution in [0.25, 0.3) is 22.0 Å². The predicted molar refractivity (Wildman–Crippen MR) is 303 cm³/mol. The highest BCUT2D eigenvalue weighted by molar-refractivity contribution is 7.89. The lowest BCUT2D eigenvalue weighted by Gasteiger charge is -2.38. The minimum absolute atomic E-state index is 0.0649. The van der Waals surface area contributed by atoms with Crippen molar-refractivity contribution in [3.63, 3.8) is 0 Å². The Morgan fingerprint density at radius 1 is 0.630 bits per heavy atom. The Morgan fingerprint density at radius 2 is 1.16 bits per heavy atom. The fourth-order valence-electron chi connectivity index (χ4n) is 8.46. The van der Waals surface area contributed by atoms with Crippen LogP contribution in [0.3, 0.4) is 0 Å². The number of ether oxygens (including phenoxy) is 11. The van der Waals surface area contributed by atoms with Gasteiger partial charge in [-0.15, -0.1) is 0 Å². The van der Waals surface area contributed by atoms with Gasteiger partial charge in [0.25, 0.3) is 0 Å². The van der Waals surface area contributed by atoms with Crippen LogP contribution in [0.2, 0.25) is 0 Å². The number of aliphatic imine (C=N–C) groups is 1. The van der Waals surface area contributed by atoms with Crippen LogP contribution in [0.4, 0.5) is 19.0 Å². The summed E-state index contributed by atoms with van der Waals surface area (Å²) in [6.07, 6.45) is 7.66. The molecule has 0 atom stereocenters. The summed E-state index contributed by atoms with van der Waals surface area (Å²) < 4.78 is 130. The first-order chi connectivity index (χ1) is 39.4. The topological polar surface area (TPSA) is 207 Å². The second kappa shape index (κ2) is 39.0. The van der Waals surface area contributed by atoms with Gasteiger partial charge in [-0.1, -0.05) is 57.4 Å². The highest BCUT2D eigenvalue weighted by atomic mass is 32.2. The Bertz CT molecular complexity index is 2570. The van der Waals surface area contributed by atoms with Crippen LogP contribution in [-0.4, -0.2) is 181 Å². The van der Waals surface area contributed by atoms with Crippen molar-refractivity contribution in [2.45, 2.75) is 83.5 Å². The molecule has 81 heavy (non-hydrogen) atoms. The Kier molecular flexibility index (Phi) is 32.3. The van der Waals surface area contributed by atoms with Crippen molar-refractivity contribution in [2.24, 2.45) is 10.9 Å². The lowest BCUT2D eigenvalue weighted by Crippen LogP contribution is -2.49. The van der Waals surface area contributed by atoms with Crippen molar-refractivity contribution in [2.75, 3.05) is 158 Å². The van der Waals surface area contributed by atoms with Gasteiger partial charge in [-0.25, -0.2) is 22.2 Å². The van der Waals surface area contributed by atoms with E-state index in [2.05, 4.69) is 24.7 Å². The summed E-state index contributed by atoms with van der Waals surface area (Å²) in [5, 5.41) is 1.02. The summed E-state index contributed by atoms with van der Waals surface area (Å²) in [6.45, 7) is 14.8. The van der Waals surface area contributed by atoms with E-state index in [0.717, 1.165) is 84.7 Å². The molecule has 0 saturated carbocycles. The van der Waals surface area contributed by atoms with E-state index in [-0.39, 0.29) is 31.8 Å². The number of nitrogens with zero attached hydrogens (tertiary/aromatic N) is 3. The zero-order chi connectivity index (χ0) is 57.9. The van der Waals surface area contributed by atoms with Crippen molar-refractivity contribution >= 4 is 38.4 Å². The fourth-order valence-corrected chi connectivity index (χ4v) is 10.1. The smallest absolute Gasteiger partial charge is 0.313 e. The average molecular weight is 1160 g/mol. The van der Waals surface area contributed by atoms with Crippen LogP contribution in [0.1, 0.15) is 76.3 Å². The number of carbonyl (C=O) groups excluding carboxylic acids is 1. The van der Waals surface area contributed by atoms with Gasteiger partial charge in [0.05, 0.1) is 156 Å². The second-order valence-electron chi connectivity index (χ2n) is 19.3. The van der Waals surface area contributed by atoms with Gasteiger partial charge in [0.2, 0.25) is 21.6 Å². The summed E-state index contributed by atoms with van der Waals surface area (Å²) >= 11 is 0. The van der Waals surface area contributed by atoms with Crippen LogP contribution in [0, 0.1) is 30.3 Å². The van der Waals surface area contributed by atoms with E-state index in [1.165, 1.54) is 6.92 Å². The fraction of sp³-hybridized carbons (Fsp3) is 0.610. The number of hydrogen-bond donors (Lipinski definition) is 1. The molecular weight excluding hydrogens is 1080 g/mol. The zero-order valence-electron chi connectivity index (χ0n) is 47.6. The van der Waals surface area contributed by atoms with Gasteiger partial charge < -0.3 is 57.8 Å². The number of pyridine rings is 1. The number of fused-ring (bicyclic) bond motifs is 1. The normalized spacial score (nSPS) is 13.4. The number of carbonyl (C=O) groups is 1. The molecule has 4 aromatic rings. The van der Waals surface area contributed by atoms with Crippen molar-refractivity contribution in [3.05, 3.63) is 83.2 Å². The molecule has 0 unspecified atom stereocenters. The van der Waals surface area contributed by atoms with Crippen LogP contribution in [0.5, 0.6) is 5.75 Å². The van der Waals surface area contributed by atoms with E-state index in [1.54, 1.807) is 22.5 Å². The van der Waals surface area contributed by atoms with Gasteiger partial charge in [0.1, 0.15) is 5.82 Å². The SMILES string of the molecule is CCCCCc1cc2ccc(-c3cccc(S(=O)(=O)N4CC(CCC(CCC)=NCCOCCOCCOCCOCCOCCOCCOCCOCCOCCOCCC(=O)Oc5c(F)c(C)cc(F)c5F)C4)c3)cc2nc1N. The minimum atomic E-state index is -3.63. The Labute approximate surface area is 476 Å². The number of aromatic nitrogens is 1. The lowest BCUT2D eigenvalue weighted by molar-refractivity contribution is -0.136. The third-order valence-corrected chi connectivity index (χ3v) is 14.8. The first-order valence-electron chi connectivity index (χ1n) is 28.3. The zero-order valence-corrected chi connectivity index (χ0v) is 48.4. The highest BCUT2D eigenvalue weighted by Crippen LogP contribution is 2.32. The molecule has 1 aromatic heterocycles. The van der Waals surface area contributed by atoms with Crippen LogP contribution in [-0.2, 0) is 68.6 Å². The molecule has 0 amide bonds. The molecule has 5 rings (SSSR count). The molecule has 2 N–H and O–H groups in total. The summed E-state index contributed by atoms with van der Waals surface area (Å²) in [4.78, 5) is 21.7. The molecule has 2 heterocycles. The van der Waals surface area contributed by atoms with Gasteiger partial charge in [-0.05, 0) is 97.5 Å². The van der Waals surface area contributed by atoms with Crippen LogP contribution >= 0.6 is 0 Å². The lowest BCUT2D eigenvalue weighted by atomic mass is 9.95. The summed E-state index contributed by atoms with van der Waals surface area (Å²) in [7, 11) is -3.63. The maximum Gasteiger partial charge on any atom is 0.313 e. The van der Waals surface area contributed by atoms with E-state index in [4.69, 9.17) is 63.1 Å². The van der Waals surface area contributed by atoms with Gasteiger partial charge in [-0.2, -0.15) is 8.70 Å². The maximum absolute atomic E-state index is 14.0. The number of sulfonamides is 1. The predicted octanol–water partition coefficient (Wildman–Crippen LogP) is 8.75. The van der Waals surface area contributed by atoms with Crippen LogP contribution in [0.15, 0.2) is 64.5 Å². The number of unbranched alkanes of at least 4 members (excludes halogenated alkanes) is 2. The standard InChI is InChI=1S/C59H85F3N4O14S/c1-4-6-7-10-50-40-49-15-14-48(42-54(49)65-59(50)63)47-11-8-12-52(41-47)81(68,69)66-43-46(44-66)13-16-51(9-5-2)64-18-20-71-22-24-73-26-28-75-30-32-77-34-36-79-38-37-78-35-33-76-31-29-74-27-25-72-23-21-70-19-17-55(67)80-58-56(61)45(3)39-53(60)57(58)62/h8,11-12,14-15,39-42,46H,4-7,9-10,13,16-38,43-44H2,1-3H3,(H2,63,65). The van der Waals surface area contributed by atoms with E-state index < -0.39 is 39.2 Å². The van der Waals surface area contributed by atoms with Crippen molar-refractivity contribution in [3.8, 4) is 16.9 Å². The monoisotopic (exact) mass is 1160 g/mol. The molecule has 1 aliphatic heterocycles. The molecule has 22 heteroatoms. The number of benzene rings is 3. The molecule has 0 radical (unpaired) electrons. The highest BCUT2D eigenvalue weighted by Gasteiger charge is 2.36. The summed E-state index contributed by atoms with van der Waals surface area (Å²) in [5.41, 5.74) is 10.9. The Hall–Kier alpha value is -4.69. The number of aryl methyl sites for hydroxylation is 2. The van der Waals surface area contributed by atoms with Crippen molar-refractivity contribution in [1.29, 1.82) is 0 Å². The number of nitrogens with two attached hydrogens (primary N) is 1. The molecular formula is C59H85F3N4O14S. The molecule has 452 valence electrons. The molecule has 3 aromatic carbocycles. The van der Waals surface area contributed by atoms with Gasteiger partial charge >= 0.3 is 5.97 Å². The number of hydrogen-bond acceptors (Lipinski definition) is 17. The molecule has 1 saturated heterocycles. The van der Waals surface area contributed by atoms with Gasteiger partial charge in [-0.3, -0.25) is 9.79 Å². The molecule has 1 aliphatic rings. The van der Waals surface area contributed by atoms with E-state index in [9.17, 15) is 26.4 Å². The maximum atomic E-state index is 14.0. The van der Waals surface area contributed by atoms with Crippen molar-refractivity contribution in [1.82, 2.24) is 9.29 Å². The molecule has 1 fully saturated rings. The molecule has 0 aliphatic carbocycles. The Balaban J connectivity index is 0.752. The number of nitrogen functional groups attached to an aromatic ring is 1. The number of rotatable bonds is 46. The van der Waals surface area contributed by atoms with Gasteiger partial charge in [0, 0.05) is 24.2 Å². The summed E-state index contributed by atoms with van der Waals surface area (Å²) in [6, 6.07) is 16.0. The quantitative estimate of drug-likeness (QED) is 0.0144. The minimum Gasteiger partial charge on any atom is -0.420 e. The third kappa shape index (κ3) is 25.0. The summed E-state index contributed by atoms with van der Waals surface area (Å²) in [5.74, 6) is -5.17. The first-order valence-corrected chi connectivity index (χ1v) is 29.8. The van der Waals surface area contributed by atoms with Crippen molar-refractivity contribution < 1.29 is 78.5 Å². The molecule has 18 nitrogen and oxygen atoms in total. The van der Waals surface area contributed by atoms with E-state index in [0.29, 0.717) is 155 Å². The average Bonchev–Trinajstić information content (AvgIpc) is 3.65.